The van der Waals surface area contributed by atoms with Crippen LogP contribution < -0.4 is 14.8 Å². The molecule has 0 radical (unpaired) electrons. The van der Waals surface area contributed by atoms with Gasteiger partial charge in [-0.3, -0.25) is 0 Å². The van der Waals surface area contributed by atoms with Gasteiger partial charge in [-0.25, -0.2) is 0 Å². The largest absolute Gasteiger partial charge is 0.493 e. The van der Waals surface area contributed by atoms with Crippen molar-refractivity contribution in [1.82, 2.24) is 5.32 Å². The topological polar surface area (TPSA) is 50.7 Å². The van der Waals surface area contributed by atoms with Crippen molar-refractivity contribution in [2.75, 3.05) is 13.7 Å². The molecular weight excluding hydrogens is 326 g/mol. The summed E-state index contributed by atoms with van der Waals surface area (Å²) in [5.41, 5.74) is 1.98. The van der Waals surface area contributed by atoms with Crippen molar-refractivity contribution in [3.8, 4) is 11.5 Å². The van der Waals surface area contributed by atoms with E-state index in [1.54, 1.807) is 7.11 Å². The Hall–Kier alpha value is -1.75. The summed E-state index contributed by atoms with van der Waals surface area (Å²) in [6, 6.07) is 13.5. The van der Waals surface area contributed by atoms with Gasteiger partial charge in [-0.1, -0.05) is 42.8 Å². The van der Waals surface area contributed by atoms with Crippen LogP contribution in [0.25, 0.3) is 0 Å². The van der Waals surface area contributed by atoms with E-state index in [2.05, 4.69) is 5.32 Å². The standard InChI is InChI=1S/C19H24ClNO3/c1-3-17(12-22)21-11-15-7-5-9-18(23-2)19(15)24-13-14-6-4-8-16(20)10-14/h4-10,17,21-22H,3,11-13H2,1-2H3/t17-/m1/s1. The van der Waals surface area contributed by atoms with Gasteiger partial charge < -0.3 is 19.9 Å². The van der Waals surface area contributed by atoms with Gasteiger partial charge >= 0.3 is 0 Å². The number of aliphatic hydroxyl groups excluding tert-OH is 1. The van der Waals surface area contributed by atoms with Crippen LogP contribution in [0.5, 0.6) is 11.5 Å². The van der Waals surface area contributed by atoms with Gasteiger partial charge in [0.05, 0.1) is 13.7 Å². The molecule has 0 aliphatic heterocycles. The lowest BCUT2D eigenvalue weighted by Gasteiger charge is -2.18. The van der Waals surface area contributed by atoms with Crippen LogP contribution >= 0.6 is 11.6 Å². The summed E-state index contributed by atoms with van der Waals surface area (Å²) >= 11 is 6.02. The van der Waals surface area contributed by atoms with E-state index in [1.807, 2.05) is 49.4 Å². The van der Waals surface area contributed by atoms with Crippen LogP contribution in [0.4, 0.5) is 0 Å². The molecule has 0 aliphatic rings. The highest BCUT2D eigenvalue weighted by Crippen LogP contribution is 2.32. The maximum atomic E-state index is 9.32. The highest BCUT2D eigenvalue weighted by molar-refractivity contribution is 6.30. The summed E-state index contributed by atoms with van der Waals surface area (Å²) in [5.74, 6) is 1.40. The first-order valence-corrected chi connectivity index (χ1v) is 8.43. The Bertz CT molecular complexity index is 644. The summed E-state index contributed by atoms with van der Waals surface area (Å²) in [5, 5.41) is 13.3. The lowest BCUT2D eigenvalue weighted by Crippen LogP contribution is -2.31. The fraction of sp³-hybridized carbons (Fsp3) is 0.368. The molecule has 2 rings (SSSR count). The zero-order valence-corrected chi connectivity index (χ0v) is 14.8. The van der Waals surface area contributed by atoms with Crippen LogP contribution in [-0.2, 0) is 13.2 Å². The number of para-hydroxylation sites is 1. The predicted molar refractivity (Wildman–Crippen MR) is 96.8 cm³/mol. The maximum absolute atomic E-state index is 9.32. The Morgan fingerprint density at radius 2 is 2.00 bits per heavy atom. The number of halogens is 1. The van der Waals surface area contributed by atoms with Gasteiger partial charge in [0.2, 0.25) is 0 Å². The normalized spacial score (nSPS) is 12.0. The number of aliphatic hydroxyl groups is 1. The first-order chi connectivity index (χ1) is 11.7. The number of hydrogen-bond donors (Lipinski definition) is 2. The summed E-state index contributed by atoms with van der Waals surface area (Å²) < 4.78 is 11.4. The van der Waals surface area contributed by atoms with E-state index in [9.17, 15) is 5.11 Å². The Morgan fingerprint density at radius 1 is 1.21 bits per heavy atom. The number of nitrogens with one attached hydrogen (secondary N) is 1. The molecule has 0 aromatic heterocycles. The summed E-state index contributed by atoms with van der Waals surface area (Å²) in [6.07, 6.45) is 0.860. The zero-order valence-electron chi connectivity index (χ0n) is 14.1. The second-order valence-electron chi connectivity index (χ2n) is 5.54. The van der Waals surface area contributed by atoms with Crippen molar-refractivity contribution in [3.05, 3.63) is 58.6 Å². The van der Waals surface area contributed by atoms with Crippen molar-refractivity contribution in [2.45, 2.75) is 32.5 Å². The smallest absolute Gasteiger partial charge is 0.166 e. The molecule has 5 heteroatoms. The van der Waals surface area contributed by atoms with E-state index >= 15 is 0 Å². The van der Waals surface area contributed by atoms with E-state index < -0.39 is 0 Å². The number of benzene rings is 2. The van der Waals surface area contributed by atoms with E-state index in [1.165, 1.54) is 0 Å². The molecule has 0 aliphatic carbocycles. The average Bonchev–Trinajstić information content (AvgIpc) is 2.61. The summed E-state index contributed by atoms with van der Waals surface area (Å²) in [7, 11) is 1.63. The van der Waals surface area contributed by atoms with E-state index in [-0.39, 0.29) is 12.6 Å². The summed E-state index contributed by atoms with van der Waals surface area (Å²) in [6.45, 7) is 3.15. The monoisotopic (exact) mass is 349 g/mol. The van der Waals surface area contributed by atoms with Gasteiger partial charge in [-0.15, -0.1) is 0 Å². The SMILES string of the molecule is CC[C@H](CO)NCc1cccc(OC)c1OCc1cccc(Cl)c1. The minimum Gasteiger partial charge on any atom is -0.493 e. The highest BCUT2D eigenvalue weighted by atomic mass is 35.5. The van der Waals surface area contributed by atoms with Crippen LogP contribution in [-0.4, -0.2) is 24.9 Å². The molecule has 130 valence electrons. The quantitative estimate of drug-likeness (QED) is 0.723. The van der Waals surface area contributed by atoms with Gasteiger partial charge in [-0.05, 0) is 30.2 Å². The minimum absolute atomic E-state index is 0.0666. The zero-order chi connectivity index (χ0) is 17.4. The molecule has 0 saturated heterocycles. The molecule has 2 aromatic rings. The number of ether oxygens (including phenoxy) is 2. The molecule has 4 nitrogen and oxygen atoms in total. The van der Waals surface area contributed by atoms with Gasteiger partial charge in [0, 0.05) is 23.2 Å². The lowest BCUT2D eigenvalue weighted by atomic mass is 10.1. The molecule has 2 N–H and O–H groups in total. The highest BCUT2D eigenvalue weighted by Gasteiger charge is 2.12. The molecular formula is C19H24ClNO3. The van der Waals surface area contributed by atoms with Crippen LogP contribution in [0.1, 0.15) is 24.5 Å². The number of methoxy groups -OCH3 is 1. The van der Waals surface area contributed by atoms with Crippen molar-refractivity contribution in [1.29, 1.82) is 0 Å². The van der Waals surface area contributed by atoms with Gasteiger partial charge in [0.25, 0.3) is 0 Å². The Kier molecular flexibility index (Phi) is 7.37. The van der Waals surface area contributed by atoms with Crippen LogP contribution in [0.3, 0.4) is 0 Å². The first kappa shape index (κ1) is 18.6. The molecule has 0 saturated carbocycles. The van der Waals surface area contributed by atoms with Crippen molar-refractivity contribution in [2.24, 2.45) is 0 Å². The van der Waals surface area contributed by atoms with Gasteiger partial charge in [-0.2, -0.15) is 0 Å². The molecule has 0 amide bonds. The van der Waals surface area contributed by atoms with Gasteiger partial charge in [0.1, 0.15) is 6.61 Å². The van der Waals surface area contributed by atoms with Crippen LogP contribution in [0.2, 0.25) is 5.02 Å². The molecule has 1 atom stereocenters. The molecule has 0 heterocycles. The second kappa shape index (κ2) is 9.52. The fourth-order valence-corrected chi connectivity index (χ4v) is 2.61. The number of hydrogen-bond acceptors (Lipinski definition) is 4. The van der Waals surface area contributed by atoms with Crippen LogP contribution in [0, 0.1) is 0 Å². The molecule has 2 aromatic carbocycles. The lowest BCUT2D eigenvalue weighted by molar-refractivity contribution is 0.236. The van der Waals surface area contributed by atoms with Crippen molar-refractivity contribution >= 4 is 11.6 Å². The molecule has 0 bridgehead atoms. The first-order valence-electron chi connectivity index (χ1n) is 8.05. The average molecular weight is 350 g/mol. The Balaban J connectivity index is 2.13. The third-order valence-electron chi connectivity index (χ3n) is 3.85. The molecule has 24 heavy (non-hydrogen) atoms. The fourth-order valence-electron chi connectivity index (χ4n) is 2.40. The number of rotatable bonds is 9. The van der Waals surface area contributed by atoms with Crippen LogP contribution in [0.15, 0.2) is 42.5 Å². The summed E-state index contributed by atoms with van der Waals surface area (Å²) in [4.78, 5) is 0. The Morgan fingerprint density at radius 3 is 2.67 bits per heavy atom. The van der Waals surface area contributed by atoms with E-state index in [0.29, 0.717) is 29.7 Å². The molecule has 0 fully saturated rings. The predicted octanol–water partition coefficient (Wildman–Crippen LogP) is 3.79. The molecule has 0 spiro atoms. The third-order valence-corrected chi connectivity index (χ3v) is 4.08. The van der Waals surface area contributed by atoms with E-state index in [0.717, 1.165) is 17.5 Å². The van der Waals surface area contributed by atoms with Gasteiger partial charge in [0.15, 0.2) is 11.5 Å². The molecule has 0 unspecified atom stereocenters. The van der Waals surface area contributed by atoms with E-state index in [4.69, 9.17) is 21.1 Å². The minimum atomic E-state index is 0.0666. The third kappa shape index (κ3) is 5.13. The Labute approximate surface area is 148 Å². The second-order valence-corrected chi connectivity index (χ2v) is 5.97. The van der Waals surface area contributed by atoms with Crippen molar-refractivity contribution < 1.29 is 14.6 Å². The maximum Gasteiger partial charge on any atom is 0.166 e. The van der Waals surface area contributed by atoms with Crippen molar-refractivity contribution in [3.63, 3.8) is 0 Å².